The van der Waals surface area contributed by atoms with Crippen molar-refractivity contribution in [2.24, 2.45) is 0 Å². The van der Waals surface area contributed by atoms with E-state index in [9.17, 15) is 4.79 Å². The third kappa shape index (κ3) is 6.12. The highest BCUT2D eigenvalue weighted by Crippen LogP contribution is 2.27. The minimum absolute atomic E-state index is 0.0637. The first-order valence-electron chi connectivity index (χ1n) is 7.44. The van der Waals surface area contributed by atoms with E-state index in [-0.39, 0.29) is 12.5 Å². The third-order valence-corrected chi connectivity index (χ3v) is 3.83. The van der Waals surface area contributed by atoms with Crippen LogP contribution in [0.25, 0.3) is 0 Å². The van der Waals surface area contributed by atoms with Crippen LogP contribution in [0.5, 0.6) is 5.75 Å². The molecule has 0 saturated heterocycles. The molecule has 0 heterocycles. The maximum absolute atomic E-state index is 11.8. The predicted octanol–water partition coefficient (Wildman–Crippen LogP) is 4.43. The molecular weight excluding hydrogens is 333 g/mol. The minimum Gasteiger partial charge on any atom is -0.482 e. The van der Waals surface area contributed by atoms with Gasteiger partial charge in [0.15, 0.2) is 6.61 Å². The summed E-state index contributed by atoms with van der Waals surface area (Å²) < 4.78 is 5.38. The van der Waals surface area contributed by atoms with Gasteiger partial charge in [0.2, 0.25) is 0 Å². The summed E-state index contributed by atoms with van der Waals surface area (Å²) in [4.78, 5) is 11.8. The molecule has 0 atom stereocenters. The number of hydrogen-bond acceptors (Lipinski definition) is 2. The SMILES string of the molecule is Cc1cccc(CCCNC(=O)COc2ccc(Cl)cc2Cl)c1. The van der Waals surface area contributed by atoms with Crippen molar-refractivity contribution in [1.29, 1.82) is 0 Å². The molecule has 0 radical (unpaired) electrons. The lowest BCUT2D eigenvalue weighted by atomic mass is 10.1. The number of nitrogens with one attached hydrogen (secondary N) is 1. The Morgan fingerprint density at radius 1 is 1.17 bits per heavy atom. The van der Waals surface area contributed by atoms with Gasteiger partial charge in [-0.1, -0.05) is 53.0 Å². The summed E-state index contributed by atoms with van der Waals surface area (Å²) in [5, 5.41) is 3.76. The first-order chi connectivity index (χ1) is 11.0. The minimum atomic E-state index is -0.166. The monoisotopic (exact) mass is 351 g/mol. The molecular formula is C18H19Cl2NO2. The smallest absolute Gasteiger partial charge is 0.257 e. The Bertz CT molecular complexity index is 674. The maximum Gasteiger partial charge on any atom is 0.257 e. The van der Waals surface area contributed by atoms with Crippen LogP contribution in [-0.2, 0) is 11.2 Å². The standard InChI is InChI=1S/C18H19Cl2NO2/c1-13-4-2-5-14(10-13)6-3-9-21-18(22)12-23-17-8-7-15(19)11-16(17)20/h2,4-5,7-8,10-11H,3,6,9,12H2,1H3,(H,21,22). The van der Waals surface area contributed by atoms with Gasteiger partial charge in [-0.25, -0.2) is 0 Å². The normalized spacial score (nSPS) is 10.4. The number of halogens is 2. The van der Waals surface area contributed by atoms with Crippen LogP contribution in [-0.4, -0.2) is 19.1 Å². The van der Waals surface area contributed by atoms with E-state index in [1.807, 2.05) is 6.07 Å². The van der Waals surface area contributed by atoms with Gasteiger partial charge in [0.05, 0.1) is 5.02 Å². The van der Waals surface area contributed by atoms with E-state index in [2.05, 4.69) is 30.4 Å². The Balaban J connectivity index is 1.67. The summed E-state index contributed by atoms with van der Waals surface area (Å²) in [5.74, 6) is 0.284. The lowest BCUT2D eigenvalue weighted by Crippen LogP contribution is -2.29. The van der Waals surface area contributed by atoms with Crippen molar-refractivity contribution in [2.45, 2.75) is 19.8 Å². The molecule has 122 valence electrons. The number of carbonyl (C=O) groups is 1. The van der Waals surface area contributed by atoms with Crippen LogP contribution < -0.4 is 10.1 Å². The first-order valence-corrected chi connectivity index (χ1v) is 8.20. The Morgan fingerprint density at radius 3 is 2.74 bits per heavy atom. The van der Waals surface area contributed by atoms with E-state index >= 15 is 0 Å². The number of rotatable bonds is 7. The molecule has 0 spiro atoms. The van der Waals surface area contributed by atoms with Gasteiger partial charge in [0.1, 0.15) is 5.75 Å². The lowest BCUT2D eigenvalue weighted by Gasteiger charge is -2.09. The van der Waals surface area contributed by atoms with Gasteiger partial charge in [-0.2, -0.15) is 0 Å². The van der Waals surface area contributed by atoms with Crippen LogP contribution in [0.2, 0.25) is 10.0 Å². The van der Waals surface area contributed by atoms with E-state index in [4.69, 9.17) is 27.9 Å². The molecule has 3 nitrogen and oxygen atoms in total. The van der Waals surface area contributed by atoms with Crippen LogP contribution in [0, 0.1) is 6.92 Å². The van der Waals surface area contributed by atoms with E-state index in [1.165, 1.54) is 11.1 Å². The van der Waals surface area contributed by atoms with Crippen molar-refractivity contribution in [3.8, 4) is 5.75 Å². The Kier molecular flexibility index (Phi) is 6.75. The zero-order valence-corrected chi connectivity index (χ0v) is 14.5. The lowest BCUT2D eigenvalue weighted by molar-refractivity contribution is -0.123. The molecule has 5 heteroatoms. The second kappa shape index (κ2) is 8.80. The van der Waals surface area contributed by atoms with E-state index in [0.717, 1.165) is 12.8 Å². The molecule has 1 amide bonds. The molecule has 0 aliphatic heterocycles. The summed E-state index contributed by atoms with van der Waals surface area (Å²) in [6.45, 7) is 2.63. The summed E-state index contributed by atoms with van der Waals surface area (Å²) in [5.41, 5.74) is 2.53. The summed E-state index contributed by atoms with van der Waals surface area (Å²) in [7, 11) is 0. The number of ether oxygens (including phenoxy) is 1. The molecule has 0 saturated carbocycles. The summed E-state index contributed by atoms with van der Waals surface area (Å²) in [6.07, 6.45) is 1.82. The topological polar surface area (TPSA) is 38.3 Å². The maximum atomic E-state index is 11.8. The average Bonchev–Trinajstić information content (AvgIpc) is 2.51. The van der Waals surface area contributed by atoms with Gasteiger partial charge in [0.25, 0.3) is 5.91 Å². The fraction of sp³-hybridized carbons (Fsp3) is 0.278. The van der Waals surface area contributed by atoms with E-state index in [0.29, 0.717) is 22.3 Å². The number of hydrogen-bond donors (Lipinski definition) is 1. The highest BCUT2D eigenvalue weighted by molar-refractivity contribution is 6.35. The molecule has 0 unspecified atom stereocenters. The van der Waals surface area contributed by atoms with Crippen molar-refractivity contribution < 1.29 is 9.53 Å². The van der Waals surface area contributed by atoms with Crippen molar-refractivity contribution >= 4 is 29.1 Å². The van der Waals surface area contributed by atoms with Gasteiger partial charge in [-0.3, -0.25) is 4.79 Å². The van der Waals surface area contributed by atoms with Gasteiger partial charge in [-0.15, -0.1) is 0 Å². The van der Waals surface area contributed by atoms with E-state index in [1.54, 1.807) is 18.2 Å². The zero-order chi connectivity index (χ0) is 16.7. The highest BCUT2D eigenvalue weighted by atomic mass is 35.5. The van der Waals surface area contributed by atoms with Gasteiger partial charge >= 0.3 is 0 Å². The number of aryl methyl sites for hydroxylation is 2. The fourth-order valence-corrected chi connectivity index (χ4v) is 2.64. The van der Waals surface area contributed by atoms with Crippen molar-refractivity contribution in [3.05, 3.63) is 63.6 Å². The number of carbonyl (C=O) groups excluding carboxylic acids is 1. The highest BCUT2D eigenvalue weighted by Gasteiger charge is 2.06. The molecule has 0 bridgehead atoms. The first kappa shape index (κ1) is 17.6. The third-order valence-electron chi connectivity index (χ3n) is 3.30. The Labute approximate surface area is 146 Å². The van der Waals surface area contributed by atoms with Crippen molar-refractivity contribution in [2.75, 3.05) is 13.2 Å². The Hall–Kier alpha value is -1.71. The van der Waals surface area contributed by atoms with Gasteiger partial charge in [0, 0.05) is 11.6 Å². The summed E-state index contributed by atoms with van der Waals surface area (Å²) >= 11 is 11.8. The zero-order valence-electron chi connectivity index (χ0n) is 12.9. The molecule has 23 heavy (non-hydrogen) atoms. The second-order valence-corrected chi connectivity index (χ2v) is 6.15. The van der Waals surface area contributed by atoms with Crippen molar-refractivity contribution in [1.82, 2.24) is 5.32 Å². The van der Waals surface area contributed by atoms with Crippen molar-refractivity contribution in [3.63, 3.8) is 0 Å². The van der Waals surface area contributed by atoms with Crippen LogP contribution >= 0.6 is 23.2 Å². The molecule has 2 rings (SSSR count). The van der Waals surface area contributed by atoms with Gasteiger partial charge in [-0.05, 0) is 43.5 Å². The Morgan fingerprint density at radius 2 is 2.00 bits per heavy atom. The molecule has 0 aliphatic rings. The van der Waals surface area contributed by atoms with Crippen LogP contribution in [0.4, 0.5) is 0 Å². The molecule has 2 aromatic carbocycles. The molecule has 1 N–H and O–H groups in total. The fourth-order valence-electron chi connectivity index (χ4n) is 2.17. The van der Waals surface area contributed by atoms with Crippen LogP contribution in [0.15, 0.2) is 42.5 Å². The number of benzene rings is 2. The largest absolute Gasteiger partial charge is 0.482 e. The predicted molar refractivity (Wildman–Crippen MR) is 94.5 cm³/mol. The molecule has 0 aliphatic carbocycles. The molecule has 2 aromatic rings. The van der Waals surface area contributed by atoms with Crippen LogP contribution in [0.1, 0.15) is 17.5 Å². The number of amides is 1. The second-order valence-electron chi connectivity index (χ2n) is 5.31. The van der Waals surface area contributed by atoms with Gasteiger partial charge < -0.3 is 10.1 Å². The summed E-state index contributed by atoms with van der Waals surface area (Å²) in [6, 6.07) is 13.3. The average molecular weight is 352 g/mol. The quantitative estimate of drug-likeness (QED) is 0.749. The van der Waals surface area contributed by atoms with Crippen LogP contribution in [0.3, 0.4) is 0 Å². The molecule has 0 aromatic heterocycles. The van der Waals surface area contributed by atoms with E-state index < -0.39 is 0 Å². The molecule has 0 fully saturated rings.